The molecular weight excluding hydrogens is 336 g/mol. The van der Waals surface area contributed by atoms with Crippen molar-refractivity contribution in [1.29, 1.82) is 0 Å². The first-order chi connectivity index (χ1) is 11.9. The Morgan fingerprint density at radius 2 is 1.84 bits per heavy atom. The van der Waals surface area contributed by atoms with Gasteiger partial charge in [-0.3, -0.25) is 4.79 Å². The summed E-state index contributed by atoms with van der Waals surface area (Å²) in [5.74, 6) is 0.339. The average molecular weight is 367 g/mol. The molecule has 1 amide bonds. The molecule has 1 aromatic carbocycles. The number of sulfone groups is 1. The molecule has 1 atom stereocenters. The highest BCUT2D eigenvalue weighted by Crippen LogP contribution is 2.23. The van der Waals surface area contributed by atoms with Gasteiger partial charge in [0.15, 0.2) is 9.84 Å². The predicted octanol–water partition coefficient (Wildman–Crippen LogP) is 2.65. The third-order valence-corrected chi connectivity index (χ3v) is 6.70. The van der Waals surface area contributed by atoms with E-state index >= 15 is 0 Å². The summed E-state index contributed by atoms with van der Waals surface area (Å²) in [6.45, 7) is 7.30. The zero-order valence-electron chi connectivity index (χ0n) is 15.5. The Hall–Kier alpha value is -1.56. The second kappa shape index (κ2) is 8.70. The summed E-state index contributed by atoms with van der Waals surface area (Å²) < 4.78 is 23.3. The van der Waals surface area contributed by atoms with Gasteiger partial charge in [-0.1, -0.05) is 32.0 Å². The van der Waals surface area contributed by atoms with E-state index in [2.05, 4.69) is 37.4 Å². The van der Waals surface area contributed by atoms with Gasteiger partial charge in [-0.15, -0.1) is 0 Å². The van der Waals surface area contributed by atoms with Gasteiger partial charge in [-0.2, -0.15) is 0 Å². The zero-order valence-corrected chi connectivity index (χ0v) is 16.4. The molecule has 1 fully saturated rings. The largest absolute Gasteiger partial charge is 0.384 e. The molecule has 1 heterocycles. The quantitative estimate of drug-likeness (QED) is 0.768. The highest BCUT2D eigenvalue weighted by Gasteiger charge is 2.33. The molecule has 6 heteroatoms. The van der Waals surface area contributed by atoms with Crippen molar-refractivity contribution in [3.63, 3.8) is 0 Å². The molecule has 0 spiro atoms. The van der Waals surface area contributed by atoms with Crippen LogP contribution in [-0.4, -0.2) is 49.9 Å². The highest BCUT2D eigenvalue weighted by molar-refractivity contribution is 7.91. The molecule has 0 saturated carbocycles. The predicted molar refractivity (Wildman–Crippen MR) is 103 cm³/mol. The average Bonchev–Trinajstić information content (AvgIpc) is 2.95. The maximum absolute atomic E-state index is 12.6. The van der Waals surface area contributed by atoms with Crippen molar-refractivity contribution < 1.29 is 13.2 Å². The number of para-hydroxylation sites is 1. The molecule has 2 rings (SSSR count). The van der Waals surface area contributed by atoms with Crippen LogP contribution in [-0.2, 0) is 27.5 Å². The summed E-state index contributed by atoms with van der Waals surface area (Å²) in [4.78, 5) is 14.3. The fraction of sp³-hybridized carbons (Fsp3) is 0.632. The number of anilines is 1. The minimum absolute atomic E-state index is 0.0316. The lowest BCUT2D eigenvalue weighted by molar-refractivity contribution is -0.132. The van der Waals surface area contributed by atoms with E-state index in [-0.39, 0.29) is 23.5 Å². The number of aryl methyl sites for hydroxylation is 2. The Morgan fingerprint density at radius 1 is 1.20 bits per heavy atom. The Morgan fingerprint density at radius 3 is 2.32 bits per heavy atom. The van der Waals surface area contributed by atoms with Crippen LogP contribution in [0, 0.1) is 0 Å². The van der Waals surface area contributed by atoms with Gasteiger partial charge >= 0.3 is 0 Å². The SMILES string of the molecule is CCc1cccc(CC)c1NCCC(=O)N(CC)C1CCS(=O)(=O)C1. The third-order valence-electron chi connectivity index (χ3n) is 4.95. The normalized spacial score (nSPS) is 18.9. The van der Waals surface area contributed by atoms with Crippen molar-refractivity contribution >= 4 is 21.4 Å². The van der Waals surface area contributed by atoms with E-state index in [0.717, 1.165) is 18.5 Å². The molecule has 1 aliphatic rings. The first kappa shape index (κ1) is 19.8. The van der Waals surface area contributed by atoms with Crippen LogP contribution >= 0.6 is 0 Å². The number of hydrogen-bond acceptors (Lipinski definition) is 4. The molecule has 25 heavy (non-hydrogen) atoms. The van der Waals surface area contributed by atoms with Crippen LogP contribution in [0.4, 0.5) is 5.69 Å². The van der Waals surface area contributed by atoms with Gasteiger partial charge in [0.2, 0.25) is 5.91 Å². The summed E-state index contributed by atoms with van der Waals surface area (Å²) in [7, 11) is -2.98. The number of carbonyl (C=O) groups is 1. The van der Waals surface area contributed by atoms with E-state index in [9.17, 15) is 13.2 Å². The molecule has 1 N–H and O–H groups in total. The standard InChI is InChI=1S/C19H30N2O3S/c1-4-15-8-7-9-16(5-2)19(15)20-12-10-18(22)21(6-3)17-11-13-25(23,24)14-17/h7-9,17,20H,4-6,10-14H2,1-3H3. The van der Waals surface area contributed by atoms with Crippen molar-refractivity contribution in [2.24, 2.45) is 0 Å². The van der Waals surface area contributed by atoms with Gasteiger partial charge in [0, 0.05) is 31.2 Å². The van der Waals surface area contributed by atoms with Gasteiger partial charge in [0.1, 0.15) is 0 Å². The molecule has 0 radical (unpaired) electrons. The molecule has 1 unspecified atom stereocenters. The fourth-order valence-electron chi connectivity index (χ4n) is 3.57. The number of carbonyl (C=O) groups excluding carboxylic acids is 1. The smallest absolute Gasteiger partial charge is 0.224 e. The topological polar surface area (TPSA) is 66.5 Å². The molecule has 1 aromatic rings. The monoisotopic (exact) mass is 366 g/mol. The molecule has 5 nitrogen and oxygen atoms in total. The Labute approximate surface area is 151 Å². The fourth-order valence-corrected chi connectivity index (χ4v) is 5.30. The summed E-state index contributed by atoms with van der Waals surface area (Å²) in [6, 6.07) is 6.15. The molecule has 0 aromatic heterocycles. The van der Waals surface area contributed by atoms with Crippen LogP contribution in [0.1, 0.15) is 44.7 Å². The number of hydrogen-bond donors (Lipinski definition) is 1. The van der Waals surface area contributed by atoms with Gasteiger partial charge in [-0.05, 0) is 37.3 Å². The minimum Gasteiger partial charge on any atom is -0.384 e. The molecule has 1 saturated heterocycles. The Bertz CT molecular complexity index is 678. The van der Waals surface area contributed by atoms with Crippen LogP contribution in [0.25, 0.3) is 0 Å². The van der Waals surface area contributed by atoms with E-state index in [1.165, 1.54) is 11.1 Å². The van der Waals surface area contributed by atoms with Crippen molar-refractivity contribution in [3.05, 3.63) is 29.3 Å². The van der Waals surface area contributed by atoms with E-state index in [4.69, 9.17) is 0 Å². The second-order valence-electron chi connectivity index (χ2n) is 6.57. The molecular formula is C19H30N2O3S. The minimum atomic E-state index is -2.98. The van der Waals surface area contributed by atoms with Gasteiger partial charge in [0.25, 0.3) is 0 Å². The molecule has 1 aliphatic heterocycles. The molecule has 0 aliphatic carbocycles. The summed E-state index contributed by atoms with van der Waals surface area (Å²) in [5.41, 5.74) is 3.67. The first-order valence-electron chi connectivity index (χ1n) is 9.26. The zero-order chi connectivity index (χ0) is 18.4. The van der Waals surface area contributed by atoms with Crippen molar-refractivity contribution in [3.8, 4) is 0 Å². The van der Waals surface area contributed by atoms with Gasteiger partial charge in [0.05, 0.1) is 11.5 Å². The second-order valence-corrected chi connectivity index (χ2v) is 8.80. The van der Waals surface area contributed by atoms with Gasteiger partial charge in [-0.25, -0.2) is 8.42 Å². The number of nitrogens with one attached hydrogen (secondary N) is 1. The molecule has 0 bridgehead atoms. The van der Waals surface area contributed by atoms with Crippen molar-refractivity contribution in [1.82, 2.24) is 4.90 Å². The van der Waals surface area contributed by atoms with E-state index in [1.807, 2.05) is 6.92 Å². The van der Waals surface area contributed by atoms with Crippen molar-refractivity contribution in [2.75, 3.05) is 29.9 Å². The van der Waals surface area contributed by atoms with E-state index in [1.54, 1.807) is 4.90 Å². The number of benzene rings is 1. The van der Waals surface area contributed by atoms with E-state index < -0.39 is 9.84 Å². The molecule has 140 valence electrons. The van der Waals surface area contributed by atoms with Crippen LogP contribution in [0.5, 0.6) is 0 Å². The lowest BCUT2D eigenvalue weighted by Crippen LogP contribution is -2.41. The van der Waals surface area contributed by atoms with Crippen LogP contribution in [0.15, 0.2) is 18.2 Å². The Balaban J connectivity index is 1.96. The Kier molecular flexibility index (Phi) is 6.87. The first-order valence-corrected chi connectivity index (χ1v) is 11.1. The number of rotatable bonds is 8. The van der Waals surface area contributed by atoms with Crippen LogP contribution < -0.4 is 5.32 Å². The maximum Gasteiger partial charge on any atom is 0.224 e. The lowest BCUT2D eigenvalue weighted by Gasteiger charge is -2.27. The number of amides is 1. The van der Waals surface area contributed by atoms with Crippen LogP contribution in [0.3, 0.4) is 0 Å². The van der Waals surface area contributed by atoms with Crippen molar-refractivity contribution in [2.45, 2.75) is 52.5 Å². The summed E-state index contributed by atoms with van der Waals surface area (Å²) in [5, 5.41) is 3.43. The number of nitrogens with zero attached hydrogens (tertiary/aromatic N) is 1. The van der Waals surface area contributed by atoms with Gasteiger partial charge < -0.3 is 10.2 Å². The summed E-state index contributed by atoms with van der Waals surface area (Å²) in [6.07, 6.45) is 2.84. The summed E-state index contributed by atoms with van der Waals surface area (Å²) >= 11 is 0. The van der Waals surface area contributed by atoms with Crippen LogP contribution in [0.2, 0.25) is 0 Å². The maximum atomic E-state index is 12.6. The highest BCUT2D eigenvalue weighted by atomic mass is 32.2. The lowest BCUT2D eigenvalue weighted by atomic mass is 10.0. The third kappa shape index (κ3) is 4.97. The van der Waals surface area contributed by atoms with E-state index in [0.29, 0.717) is 25.9 Å².